The maximum Gasteiger partial charge on any atom is 0.195 e. The zero-order chi connectivity index (χ0) is 11.8. The van der Waals surface area contributed by atoms with Gasteiger partial charge in [-0.2, -0.15) is 5.10 Å². The van der Waals surface area contributed by atoms with Crippen molar-refractivity contribution in [3.8, 4) is 0 Å². The number of hydrogen-bond acceptors (Lipinski definition) is 3. The van der Waals surface area contributed by atoms with Gasteiger partial charge in [-0.05, 0) is 30.8 Å². The van der Waals surface area contributed by atoms with Crippen LogP contribution in [0.2, 0.25) is 0 Å². The predicted octanol–water partition coefficient (Wildman–Crippen LogP) is 3.20. The van der Waals surface area contributed by atoms with Crippen LogP contribution in [-0.2, 0) is 6.54 Å². The number of nitrogens with zero attached hydrogens (tertiary/aromatic N) is 2. The van der Waals surface area contributed by atoms with E-state index in [1.165, 1.54) is 10.5 Å². The number of aromatic nitrogens is 3. The van der Waals surface area contributed by atoms with Gasteiger partial charge in [-0.3, -0.25) is 5.10 Å². The molecule has 1 N–H and O–H groups in total. The molecule has 0 bridgehead atoms. The summed E-state index contributed by atoms with van der Waals surface area (Å²) in [6.45, 7) is 2.97. The highest BCUT2D eigenvalue weighted by molar-refractivity contribution is 7.99. The van der Waals surface area contributed by atoms with Gasteiger partial charge in [0.25, 0.3) is 0 Å². The van der Waals surface area contributed by atoms with Gasteiger partial charge in [0.15, 0.2) is 4.77 Å². The van der Waals surface area contributed by atoms with Crippen LogP contribution in [0.3, 0.4) is 0 Å². The molecule has 3 rings (SSSR count). The fourth-order valence-electron chi connectivity index (χ4n) is 2.28. The molecule has 2 heterocycles. The second-order valence-corrected chi connectivity index (χ2v) is 5.48. The molecule has 88 valence electrons. The summed E-state index contributed by atoms with van der Waals surface area (Å²) in [5.74, 6) is 2.48. The van der Waals surface area contributed by atoms with Crippen molar-refractivity contribution in [2.24, 2.45) is 0 Å². The van der Waals surface area contributed by atoms with E-state index in [2.05, 4.69) is 46.0 Å². The number of hydrogen-bond donors (Lipinski definition) is 1. The fraction of sp³-hybridized carbons (Fsp3) is 0.333. The van der Waals surface area contributed by atoms with Crippen molar-refractivity contribution >= 4 is 24.0 Å². The summed E-state index contributed by atoms with van der Waals surface area (Å²) in [5.41, 5.74) is 1.38. The van der Waals surface area contributed by atoms with Gasteiger partial charge in [-0.25, -0.2) is 0 Å². The third-order valence-corrected chi connectivity index (χ3v) is 4.61. The Kier molecular flexibility index (Phi) is 2.80. The minimum Gasteiger partial charge on any atom is -0.304 e. The van der Waals surface area contributed by atoms with Gasteiger partial charge in [-0.1, -0.05) is 18.2 Å². The molecule has 1 atom stereocenters. The molecule has 1 aliphatic heterocycles. The van der Waals surface area contributed by atoms with Crippen molar-refractivity contribution in [3.05, 3.63) is 40.4 Å². The third kappa shape index (κ3) is 1.73. The highest BCUT2D eigenvalue weighted by Crippen LogP contribution is 2.42. The van der Waals surface area contributed by atoms with Gasteiger partial charge in [0.05, 0.1) is 5.92 Å². The number of benzene rings is 1. The zero-order valence-corrected chi connectivity index (χ0v) is 11.1. The van der Waals surface area contributed by atoms with Crippen molar-refractivity contribution in [1.82, 2.24) is 14.8 Å². The lowest BCUT2D eigenvalue weighted by Gasteiger charge is -2.10. The van der Waals surface area contributed by atoms with Gasteiger partial charge in [0.2, 0.25) is 0 Å². The Balaban J connectivity index is 2.10. The van der Waals surface area contributed by atoms with Crippen LogP contribution < -0.4 is 0 Å². The standard InChI is InChI=1S/C12H13N3S2/c1-2-15-11(13-14-12(15)16)9-7-17-10-6-4-3-5-8(9)10/h3-6,9H,2,7H2,1H3,(H,14,16). The third-order valence-electron chi connectivity index (χ3n) is 3.12. The molecule has 0 saturated heterocycles. The van der Waals surface area contributed by atoms with Gasteiger partial charge in [0, 0.05) is 17.2 Å². The van der Waals surface area contributed by atoms with E-state index < -0.39 is 0 Å². The molecule has 1 aromatic carbocycles. The van der Waals surface area contributed by atoms with E-state index in [0.29, 0.717) is 5.92 Å². The van der Waals surface area contributed by atoms with Crippen molar-refractivity contribution in [2.75, 3.05) is 5.75 Å². The van der Waals surface area contributed by atoms with Crippen LogP contribution in [0.15, 0.2) is 29.2 Å². The summed E-state index contributed by atoms with van der Waals surface area (Å²) in [6.07, 6.45) is 0. The van der Waals surface area contributed by atoms with Crippen LogP contribution in [-0.4, -0.2) is 20.5 Å². The molecular weight excluding hydrogens is 250 g/mol. The minimum absolute atomic E-state index is 0.365. The molecule has 0 radical (unpaired) electrons. The number of aromatic amines is 1. The highest BCUT2D eigenvalue weighted by atomic mass is 32.2. The molecule has 1 aromatic heterocycles. The fourth-order valence-corrected chi connectivity index (χ4v) is 3.77. The molecule has 1 unspecified atom stereocenters. The van der Waals surface area contributed by atoms with E-state index in [4.69, 9.17) is 12.2 Å². The Hall–Kier alpha value is -1.07. The number of rotatable bonds is 2. The topological polar surface area (TPSA) is 33.6 Å². The van der Waals surface area contributed by atoms with Crippen molar-refractivity contribution in [3.63, 3.8) is 0 Å². The van der Waals surface area contributed by atoms with Crippen LogP contribution in [0.25, 0.3) is 0 Å². The first kappa shape index (κ1) is 11.0. The lowest BCUT2D eigenvalue weighted by atomic mass is 10.0. The maximum absolute atomic E-state index is 5.24. The molecule has 3 nitrogen and oxygen atoms in total. The van der Waals surface area contributed by atoms with Crippen molar-refractivity contribution < 1.29 is 0 Å². The van der Waals surface area contributed by atoms with E-state index >= 15 is 0 Å². The van der Waals surface area contributed by atoms with E-state index in [0.717, 1.165) is 22.9 Å². The first-order valence-electron chi connectivity index (χ1n) is 5.68. The van der Waals surface area contributed by atoms with Gasteiger partial charge in [-0.15, -0.1) is 11.8 Å². The van der Waals surface area contributed by atoms with Crippen LogP contribution in [0, 0.1) is 4.77 Å². The second-order valence-electron chi connectivity index (χ2n) is 4.03. The zero-order valence-electron chi connectivity index (χ0n) is 9.51. The Morgan fingerprint density at radius 1 is 1.53 bits per heavy atom. The van der Waals surface area contributed by atoms with Crippen LogP contribution >= 0.6 is 24.0 Å². The number of H-pyrrole nitrogens is 1. The molecule has 17 heavy (non-hydrogen) atoms. The van der Waals surface area contributed by atoms with Crippen molar-refractivity contribution in [1.29, 1.82) is 0 Å². The first-order chi connectivity index (χ1) is 8.31. The highest BCUT2D eigenvalue weighted by Gasteiger charge is 2.28. The summed E-state index contributed by atoms with van der Waals surface area (Å²) in [7, 11) is 0. The van der Waals surface area contributed by atoms with E-state index in [9.17, 15) is 0 Å². The first-order valence-corrected chi connectivity index (χ1v) is 7.07. The van der Waals surface area contributed by atoms with E-state index in [1.54, 1.807) is 0 Å². The summed E-state index contributed by atoms with van der Waals surface area (Å²) in [4.78, 5) is 1.37. The summed E-state index contributed by atoms with van der Waals surface area (Å²) in [5, 5.41) is 7.30. The number of fused-ring (bicyclic) bond motifs is 1. The summed E-state index contributed by atoms with van der Waals surface area (Å²) >= 11 is 7.14. The van der Waals surface area contributed by atoms with Crippen LogP contribution in [0.1, 0.15) is 24.2 Å². The van der Waals surface area contributed by atoms with Crippen LogP contribution in [0.5, 0.6) is 0 Å². The van der Waals surface area contributed by atoms with E-state index in [-0.39, 0.29) is 0 Å². The minimum atomic E-state index is 0.365. The molecule has 0 spiro atoms. The largest absolute Gasteiger partial charge is 0.304 e. The Morgan fingerprint density at radius 2 is 2.35 bits per heavy atom. The van der Waals surface area contributed by atoms with Crippen LogP contribution in [0.4, 0.5) is 0 Å². The molecule has 5 heteroatoms. The molecule has 0 aliphatic carbocycles. The number of thioether (sulfide) groups is 1. The summed E-state index contributed by atoms with van der Waals surface area (Å²) < 4.78 is 2.81. The molecule has 0 fully saturated rings. The molecular formula is C12H13N3S2. The normalized spacial score (nSPS) is 18.3. The molecule has 1 aliphatic rings. The van der Waals surface area contributed by atoms with Gasteiger partial charge >= 0.3 is 0 Å². The average Bonchev–Trinajstić information content (AvgIpc) is 2.92. The Labute approximate surface area is 109 Å². The van der Waals surface area contributed by atoms with Gasteiger partial charge in [0.1, 0.15) is 5.82 Å². The average molecular weight is 263 g/mol. The summed E-state index contributed by atoms with van der Waals surface area (Å²) in [6, 6.07) is 8.55. The quantitative estimate of drug-likeness (QED) is 0.845. The molecule has 0 amide bonds. The molecule has 2 aromatic rings. The lowest BCUT2D eigenvalue weighted by molar-refractivity contribution is 0.668. The van der Waals surface area contributed by atoms with Crippen molar-refractivity contribution in [2.45, 2.75) is 24.3 Å². The predicted molar refractivity (Wildman–Crippen MR) is 72.1 cm³/mol. The Bertz CT molecular complexity index is 600. The molecule has 0 saturated carbocycles. The lowest BCUT2D eigenvalue weighted by Crippen LogP contribution is -2.09. The Morgan fingerprint density at radius 3 is 3.18 bits per heavy atom. The van der Waals surface area contributed by atoms with Gasteiger partial charge < -0.3 is 4.57 Å². The number of nitrogens with one attached hydrogen (secondary N) is 1. The maximum atomic E-state index is 5.24. The SMILES string of the molecule is CCn1c(C2CSc3ccccc32)n[nH]c1=S. The monoisotopic (exact) mass is 263 g/mol. The second kappa shape index (κ2) is 4.31. The van der Waals surface area contributed by atoms with E-state index in [1.807, 2.05) is 11.8 Å². The smallest absolute Gasteiger partial charge is 0.195 e.